The van der Waals surface area contributed by atoms with E-state index in [1.165, 1.54) is 180 Å². The molecule has 17 nitrogen and oxygen atoms in total. The quantitative estimate of drug-likeness (QED) is 0.0222. The van der Waals surface area contributed by atoms with Crippen LogP contribution in [-0.2, 0) is 65.4 Å². The van der Waals surface area contributed by atoms with Gasteiger partial charge in [0, 0.05) is 25.7 Å². The van der Waals surface area contributed by atoms with Crippen molar-refractivity contribution < 1.29 is 80.2 Å². The first kappa shape index (κ1) is 89.1. The number of phosphoric acid groups is 2. The van der Waals surface area contributed by atoms with Gasteiger partial charge in [-0.15, -0.1) is 0 Å². The molecule has 0 radical (unpaired) electrons. The number of aliphatic hydroxyl groups is 1. The minimum atomic E-state index is -4.95. The first-order valence-electron chi connectivity index (χ1n) is 37.5. The van der Waals surface area contributed by atoms with Crippen molar-refractivity contribution in [2.45, 2.75) is 387 Å². The fourth-order valence-corrected chi connectivity index (χ4v) is 12.5. The third-order valence-corrected chi connectivity index (χ3v) is 18.6. The lowest BCUT2D eigenvalue weighted by atomic mass is 10.0. The molecule has 0 amide bonds. The van der Waals surface area contributed by atoms with Gasteiger partial charge in [0.15, 0.2) is 12.2 Å². The van der Waals surface area contributed by atoms with Crippen LogP contribution in [0.2, 0.25) is 0 Å². The van der Waals surface area contributed by atoms with Gasteiger partial charge in [-0.2, -0.15) is 0 Å². The van der Waals surface area contributed by atoms with Gasteiger partial charge in [0.1, 0.15) is 19.3 Å². The van der Waals surface area contributed by atoms with Crippen molar-refractivity contribution in [3.8, 4) is 0 Å². The summed E-state index contributed by atoms with van der Waals surface area (Å²) in [5, 5.41) is 10.6. The van der Waals surface area contributed by atoms with Crippen LogP contribution < -0.4 is 0 Å². The Morgan fingerprint density at radius 1 is 0.297 bits per heavy atom. The predicted molar refractivity (Wildman–Crippen MR) is 368 cm³/mol. The van der Waals surface area contributed by atoms with Crippen LogP contribution in [0.15, 0.2) is 0 Å². The summed E-state index contributed by atoms with van der Waals surface area (Å²) in [6.07, 6.45) is 50.3. The van der Waals surface area contributed by atoms with Gasteiger partial charge in [0.05, 0.1) is 26.4 Å². The molecule has 2 unspecified atom stereocenters. The summed E-state index contributed by atoms with van der Waals surface area (Å²) >= 11 is 0. The number of ether oxygens (including phenoxy) is 4. The Bertz CT molecular complexity index is 1770. The molecule has 0 aromatic carbocycles. The zero-order valence-corrected chi connectivity index (χ0v) is 60.9. The van der Waals surface area contributed by atoms with Gasteiger partial charge in [-0.3, -0.25) is 37.3 Å². The first-order chi connectivity index (χ1) is 43.9. The Balaban J connectivity index is 5.15. The summed E-state index contributed by atoms with van der Waals surface area (Å²) in [6.45, 7) is 9.52. The fourth-order valence-electron chi connectivity index (χ4n) is 10.9. The Hall–Kier alpha value is -1.94. The van der Waals surface area contributed by atoms with Crippen LogP contribution in [0.3, 0.4) is 0 Å². The number of aliphatic hydroxyl groups excluding tert-OH is 1. The van der Waals surface area contributed by atoms with E-state index in [4.69, 9.17) is 37.0 Å². The molecule has 0 saturated carbocycles. The van der Waals surface area contributed by atoms with Crippen molar-refractivity contribution in [3.63, 3.8) is 0 Å². The van der Waals surface area contributed by atoms with Gasteiger partial charge in [-0.1, -0.05) is 318 Å². The maximum absolute atomic E-state index is 13.0. The predicted octanol–water partition coefficient (Wildman–Crippen LogP) is 20.8. The molecule has 540 valence electrons. The lowest BCUT2D eigenvalue weighted by Crippen LogP contribution is -2.30. The van der Waals surface area contributed by atoms with Crippen LogP contribution in [0.25, 0.3) is 0 Å². The van der Waals surface area contributed by atoms with Gasteiger partial charge >= 0.3 is 39.5 Å². The summed E-state index contributed by atoms with van der Waals surface area (Å²) in [4.78, 5) is 72.4. The zero-order chi connectivity index (χ0) is 67.2. The summed E-state index contributed by atoms with van der Waals surface area (Å²) in [5.41, 5.74) is 0. The Labute approximate surface area is 556 Å². The van der Waals surface area contributed by atoms with Gasteiger partial charge in [-0.05, 0) is 37.5 Å². The lowest BCUT2D eigenvalue weighted by molar-refractivity contribution is -0.161. The van der Waals surface area contributed by atoms with Crippen molar-refractivity contribution in [1.29, 1.82) is 0 Å². The molecule has 0 aliphatic carbocycles. The molecule has 0 aromatic rings. The highest BCUT2D eigenvalue weighted by Gasteiger charge is 2.30. The van der Waals surface area contributed by atoms with Crippen LogP contribution in [0.1, 0.15) is 369 Å². The van der Waals surface area contributed by atoms with E-state index < -0.39 is 97.5 Å². The van der Waals surface area contributed by atoms with E-state index >= 15 is 0 Å². The number of esters is 4. The third kappa shape index (κ3) is 66.5. The molecular formula is C72H140O17P2. The normalized spacial score (nSPS) is 14.1. The van der Waals surface area contributed by atoms with E-state index in [0.717, 1.165) is 108 Å². The number of hydrogen-bond acceptors (Lipinski definition) is 15. The molecule has 19 heteroatoms. The highest BCUT2D eigenvalue weighted by atomic mass is 31.2. The van der Waals surface area contributed by atoms with Gasteiger partial charge in [0.2, 0.25) is 0 Å². The van der Waals surface area contributed by atoms with Crippen LogP contribution >= 0.6 is 15.6 Å². The van der Waals surface area contributed by atoms with Crippen LogP contribution in [0.4, 0.5) is 0 Å². The van der Waals surface area contributed by atoms with Crippen molar-refractivity contribution in [1.82, 2.24) is 0 Å². The second-order valence-electron chi connectivity index (χ2n) is 26.9. The third-order valence-electron chi connectivity index (χ3n) is 16.7. The number of carbonyl (C=O) groups excluding carboxylic acids is 4. The number of carbonyl (C=O) groups is 4. The summed E-state index contributed by atoms with van der Waals surface area (Å²) in [5.74, 6) is -0.546. The zero-order valence-electron chi connectivity index (χ0n) is 59.1. The highest BCUT2D eigenvalue weighted by molar-refractivity contribution is 7.47. The number of rotatable bonds is 71. The van der Waals surface area contributed by atoms with Crippen molar-refractivity contribution >= 4 is 39.5 Å². The van der Waals surface area contributed by atoms with E-state index in [0.29, 0.717) is 25.7 Å². The molecule has 0 aromatic heterocycles. The number of hydrogen-bond donors (Lipinski definition) is 3. The average Bonchev–Trinajstić information content (AvgIpc) is 3.70. The largest absolute Gasteiger partial charge is 0.472 e. The molecule has 5 atom stereocenters. The minimum Gasteiger partial charge on any atom is -0.462 e. The molecule has 0 saturated heterocycles. The molecule has 0 heterocycles. The molecule has 0 rings (SSSR count). The molecule has 0 bridgehead atoms. The minimum absolute atomic E-state index is 0.107. The average molecular weight is 1340 g/mol. The molecule has 0 aliphatic heterocycles. The topological polar surface area (TPSA) is 237 Å². The summed E-state index contributed by atoms with van der Waals surface area (Å²) in [7, 11) is -9.89. The molecule has 91 heavy (non-hydrogen) atoms. The van der Waals surface area contributed by atoms with E-state index in [-0.39, 0.29) is 25.7 Å². The molecule has 0 spiro atoms. The lowest BCUT2D eigenvalue weighted by Gasteiger charge is -2.21. The first-order valence-corrected chi connectivity index (χ1v) is 40.5. The smallest absolute Gasteiger partial charge is 0.462 e. The van der Waals surface area contributed by atoms with Crippen LogP contribution in [0.5, 0.6) is 0 Å². The molecule has 3 N–H and O–H groups in total. The Morgan fingerprint density at radius 3 is 0.747 bits per heavy atom. The van der Waals surface area contributed by atoms with Crippen LogP contribution in [0, 0.1) is 11.8 Å². The van der Waals surface area contributed by atoms with Crippen molar-refractivity contribution in [3.05, 3.63) is 0 Å². The van der Waals surface area contributed by atoms with E-state index in [1.807, 2.05) is 0 Å². The summed E-state index contributed by atoms with van der Waals surface area (Å²) in [6, 6.07) is 0. The molecular weight excluding hydrogens is 1200 g/mol. The van der Waals surface area contributed by atoms with E-state index in [1.54, 1.807) is 0 Å². The Kier molecular flexibility index (Phi) is 62.7. The Morgan fingerprint density at radius 2 is 0.505 bits per heavy atom. The maximum atomic E-state index is 13.0. The SMILES string of the molecule is CCCCCCCCCCCCCCCC(=O)O[C@H](COC(=O)CCCCCCC)COP(=O)(O)OC[C@H](O)COP(=O)(O)OC[C@@H](COC(=O)CCCCCCCCCCCCCCC(C)C)OC(=O)CCCCCCCCCCCCCCCCCC(C)C. The highest BCUT2D eigenvalue weighted by Crippen LogP contribution is 2.45. The number of unbranched alkanes of at least 4 members (excludes halogenated alkanes) is 41. The second kappa shape index (κ2) is 64.1. The molecule has 0 aliphatic rings. The van der Waals surface area contributed by atoms with Crippen molar-refractivity contribution in [2.75, 3.05) is 39.6 Å². The molecule has 0 fully saturated rings. The second-order valence-corrected chi connectivity index (χ2v) is 29.8. The van der Waals surface area contributed by atoms with Crippen LogP contribution in [-0.4, -0.2) is 96.7 Å². The van der Waals surface area contributed by atoms with Gasteiger partial charge in [0.25, 0.3) is 0 Å². The number of phosphoric ester groups is 2. The standard InChI is InChI=1S/C72H140O17P2/c1-7-9-11-13-14-15-16-20-28-33-38-44-50-56-71(76)88-67(60-82-69(74)54-48-40-12-10-8-2)62-86-90(78,79)84-58-66(73)59-85-91(80,81)87-63-68(61-83-70(75)55-49-43-37-32-27-24-23-26-31-36-42-47-53-65(5)6)89-72(77)57-51-45-39-34-29-22-19-17-18-21-25-30-35-41-46-52-64(3)4/h64-68,73H,7-63H2,1-6H3,(H,78,79)(H,80,81)/t66-,67+,68+/m0/s1. The maximum Gasteiger partial charge on any atom is 0.472 e. The van der Waals surface area contributed by atoms with Gasteiger partial charge in [-0.25, -0.2) is 9.13 Å². The van der Waals surface area contributed by atoms with E-state index in [9.17, 15) is 43.2 Å². The van der Waals surface area contributed by atoms with Gasteiger partial charge < -0.3 is 33.8 Å². The van der Waals surface area contributed by atoms with E-state index in [2.05, 4.69) is 41.5 Å². The summed E-state index contributed by atoms with van der Waals surface area (Å²) < 4.78 is 68.2. The fraction of sp³-hybridized carbons (Fsp3) is 0.944. The monoisotopic (exact) mass is 1340 g/mol. The van der Waals surface area contributed by atoms with Crippen molar-refractivity contribution in [2.24, 2.45) is 11.8 Å².